The molecule has 1 saturated heterocycles. The summed E-state index contributed by atoms with van der Waals surface area (Å²) in [6.07, 6.45) is 9.34. The van der Waals surface area contributed by atoms with Crippen molar-refractivity contribution in [2.45, 2.75) is 25.9 Å². The Hall–Kier alpha value is -0.800. The van der Waals surface area contributed by atoms with E-state index in [0.717, 1.165) is 19.0 Å². The number of piperidine rings is 1. The summed E-state index contributed by atoms with van der Waals surface area (Å²) >= 11 is 0. The molecule has 0 amide bonds. The summed E-state index contributed by atoms with van der Waals surface area (Å²) in [5.41, 5.74) is 1.33. The molecule has 1 unspecified atom stereocenters. The lowest BCUT2D eigenvalue weighted by Crippen LogP contribution is -2.44. The van der Waals surface area contributed by atoms with Crippen molar-refractivity contribution in [1.82, 2.24) is 16.0 Å². The van der Waals surface area contributed by atoms with Crippen LogP contribution in [-0.2, 0) is 0 Å². The largest absolute Gasteiger partial charge is 0.372 e. The lowest BCUT2D eigenvalue weighted by molar-refractivity contribution is 0.347. The first-order valence-electron chi connectivity index (χ1n) is 5.90. The minimum Gasteiger partial charge on any atom is -0.372 e. The molecule has 3 nitrogen and oxygen atoms in total. The number of hydrogen-bond acceptors (Lipinski definition) is 3. The molecule has 2 rings (SSSR count). The molecule has 0 aromatic carbocycles. The number of hydrogen-bond donors (Lipinski definition) is 3. The molecular formula is C12H21N3. The molecule has 0 spiro atoms. The van der Waals surface area contributed by atoms with Gasteiger partial charge in [0.1, 0.15) is 0 Å². The van der Waals surface area contributed by atoms with E-state index >= 15 is 0 Å². The Kier molecular flexibility index (Phi) is 3.80. The maximum absolute atomic E-state index is 3.54. The number of allylic oxidation sites excluding steroid dienone is 2. The van der Waals surface area contributed by atoms with Crippen molar-refractivity contribution >= 4 is 0 Å². The normalized spacial score (nSPS) is 30.9. The monoisotopic (exact) mass is 207 g/mol. The smallest absolute Gasteiger partial charge is 0.0962 e. The first-order valence-corrected chi connectivity index (χ1v) is 5.90. The zero-order valence-corrected chi connectivity index (χ0v) is 9.42. The summed E-state index contributed by atoms with van der Waals surface area (Å²) in [4.78, 5) is 0. The number of rotatable bonds is 3. The van der Waals surface area contributed by atoms with E-state index in [4.69, 9.17) is 0 Å². The van der Waals surface area contributed by atoms with Crippen LogP contribution in [0.15, 0.2) is 23.9 Å². The molecule has 0 aliphatic carbocycles. The molecule has 1 fully saturated rings. The van der Waals surface area contributed by atoms with Crippen molar-refractivity contribution in [3.05, 3.63) is 23.9 Å². The summed E-state index contributed by atoms with van der Waals surface area (Å²) in [7, 11) is 0. The third-order valence-corrected chi connectivity index (χ3v) is 3.08. The molecule has 2 atom stereocenters. The lowest BCUT2D eigenvalue weighted by Gasteiger charge is -2.26. The van der Waals surface area contributed by atoms with Crippen LogP contribution in [0.3, 0.4) is 0 Å². The quantitative estimate of drug-likeness (QED) is 0.645. The Morgan fingerprint density at radius 2 is 2.47 bits per heavy atom. The maximum atomic E-state index is 3.54. The molecule has 2 aliphatic rings. The summed E-state index contributed by atoms with van der Waals surface area (Å²) in [5, 5.41) is 10.3. The minimum atomic E-state index is 0.317. The summed E-state index contributed by atoms with van der Waals surface area (Å²) in [5.74, 6) is 0.792. The van der Waals surface area contributed by atoms with Crippen LogP contribution in [0, 0.1) is 5.92 Å². The van der Waals surface area contributed by atoms with Crippen LogP contribution in [0.5, 0.6) is 0 Å². The van der Waals surface area contributed by atoms with Gasteiger partial charge in [0, 0.05) is 6.54 Å². The molecule has 0 radical (unpaired) electrons. The van der Waals surface area contributed by atoms with E-state index in [9.17, 15) is 0 Å². The van der Waals surface area contributed by atoms with E-state index in [2.05, 4.69) is 35.0 Å². The van der Waals surface area contributed by atoms with Gasteiger partial charge in [-0.25, -0.2) is 0 Å². The molecule has 84 valence electrons. The van der Waals surface area contributed by atoms with E-state index in [1.165, 1.54) is 25.0 Å². The molecule has 2 heterocycles. The lowest BCUT2D eigenvalue weighted by atomic mass is 9.99. The van der Waals surface area contributed by atoms with E-state index in [-0.39, 0.29) is 0 Å². The Morgan fingerprint density at radius 3 is 3.20 bits per heavy atom. The van der Waals surface area contributed by atoms with Crippen LogP contribution >= 0.6 is 0 Å². The van der Waals surface area contributed by atoms with Gasteiger partial charge in [-0.15, -0.1) is 0 Å². The molecule has 2 aliphatic heterocycles. The molecule has 3 heteroatoms. The van der Waals surface area contributed by atoms with Crippen LogP contribution in [0.25, 0.3) is 0 Å². The third kappa shape index (κ3) is 3.36. The van der Waals surface area contributed by atoms with Gasteiger partial charge >= 0.3 is 0 Å². The second-order valence-electron chi connectivity index (χ2n) is 4.51. The topological polar surface area (TPSA) is 36.1 Å². The van der Waals surface area contributed by atoms with Gasteiger partial charge in [0.05, 0.1) is 6.17 Å². The Labute approximate surface area is 92.0 Å². The van der Waals surface area contributed by atoms with Gasteiger partial charge in [0.2, 0.25) is 0 Å². The summed E-state index contributed by atoms with van der Waals surface area (Å²) in [6.45, 7) is 5.59. The highest BCUT2D eigenvalue weighted by atomic mass is 15.1. The van der Waals surface area contributed by atoms with Crippen molar-refractivity contribution in [2.24, 2.45) is 5.92 Å². The fourth-order valence-electron chi connectivity index (χ4n) is 2.16. The predicted octanol–water partition coefficient (Wildman–Crippen LogP) is 0.965. The second-order valence-corrected chi connectivity index (χ2v) is 4.51. The average molecular weight is 207 g/mol. The van der Waals surface area contributed by atoms with Crippen LogP contribution in [0.2, 0.25) is 0 Å². The number of dihydropyridines is 1. The van der Waals surface area contributed by atoms with Gasteiger partial charge in [0.25, 0.3) is 0 Å². The van der Waals surface area contributed by atoms with Crippen molar-refractivity contribution < 1.29 is 0 Å². The summed E-state index contributed by atoms with van der Waals surface area (Å²) in [6, 6.07) is 0. The average Bonchev–Trinajstić information content (AvgIpc) is 2.28. The molecule has 3 N–H and O–H groups in total. The van der Waals surface area contributed by atoms with E-state index in [1.807, 2.05) is 6.20 Å². The zero-order valence-electron chi connectivity index (χ0n) is 9.42. The second kappa shape index (κ2) is 5.33. The maximum Gasteiger partial charge on any atom is 0.0962 e. The molecule has 0 bridgehead atoms. The first kappa shape index (κ1) is 10.7. The molecule has 15 heavy (non-hydrogen) atoms. The van der Waals surface area contributed by atoms with E-state index in [0.29, 0.717) is 6.17 Å². The van der Waals surface area contributed by atoms with Gasteiger partial charge in [-0.3, -0.25) is 5.32 Å². The number of nitrogens with one attached hydrogen (secondary N) is 3. The molecule has 0 saturated carbocycles. The van der Waals surface area contributed by atoms with Crippen LogP contribution < -0.4 is 16.0 Å². The fourth-order valence-corrected chi connectivity index (χ4v) is 2.16. The molecular weight excluding hydrogens is 186 g/mol. The van der Waals surface area contributed by atoms with Crippen LogP contribution in [0.1, 0.15) is 19.8 Å². The van der Waals surface area contributed by atoms with Crippen molar-refractivity contribution in [2.75, 3.05) is 19.6 Å². The zero-order chi connectivity index (χ0) is 10.5. The molecule has 0 aromatic heterocycles. The highest BCUT2D eigenvalue weighted by Gasteiger charge is 2.14. The highest BCUT2D eigenvalue weighted by Crippen LogP contribution is 2.09. The highest BCUT2D eigenvalue weighted by molar-refractivity contribution is 5.21. The van der Waals surface area contributed by atoms with Gasteiger partial charge in [-0.05, 0) is 57.1 Å². The van der Waals surface area contributed by atoms with Crippen molar-refractivity contribution in [1.29, 1.82) is 0 Å². The Morgan fingerprint density at radius 1 is 1.53 bits per heavy atom. The fraction of sp³-hybridized carbons (Fsp3) is 0.667. The Bertz CT molecular complexity index is 252. The Balaban J connectivity index is 1.71. The van der Waals surface area contributed by atoms with E-state index in [1.54, 1.807) is 0 Å². The van der Waals surface area contributed by atoms with E-state index < -0.39 is 0 Å². The third-order valence-electron chi connectivity index (χ3n) is 3.08. The predicted molar refractivity (Wildman–Crippen MR) is 63.4 cm³/mol. The minimum absolute atomic E-state index is 0.317. The van der Waals surface area contributed by atoms with Crippen molar-refractivity contribution in [3.63, 3.8) is 0 Å². The first-order chi connectivity index (χ1) is 7.34. The standard InChI is InChI=1S/C12H21N3/c1-10-4-6-14-12(7-10)15-9-11-3-2-5-13-8-11/h4,6-7,11-15H,2-3,5,8-9H2,1H3/t11-,12?/m1/s1. The van der Waals surface area contributed by atoms with Gasteiger partial charge < -0.3 is 10.6 Å². The van der Waals surface area contributed by atoms with Gasteiger partial charge in [-0.2, -0.15) is 0 Å². The van der Waals surface area contributed by atoms with Crippen LogP contribution in [0.4, 0.5) is 0 Å². The van der Waals surface area contributed by atoms with Crippen LogP contribution in [-0.4, -0.2) is 25.8 Å². The van der Waals surface area contributed by atoms with Gasteiger partial charge in [0.15, 0.2) is 0 Å². The summed E-state index contributed by atoms with van der Waals surface area (Å²) < 4.78 is 0. The van der Waals surface area contributed by atoms with Crippen molar-refractivity contribution in [3.8, 4) is 0 Å². The SMILES string of the molecule is CC1=CC(NC[C@@H]2CCCNC2)NC=C1. The molecule has 0 aromatic rings. The van der Waals surface area contributed by atoms with Gasteiger partial charge in [-0.1, -0.05) is 5.57 Å².